The van der Waals surface area contributed by atoms with Crippen molar-refractivity contribution in [3.05, 3.63) is 0 Å². The highest BCUT2D eigenvalue weighted by molar-refractivity contribution is 5.73. The Kier molecular flexibility index (Phi) is 5.48. The SMILES string of the molecule is CCN(C(C)=O)[C@H]1[C@@H](OC)O[C@H](CO)[C@H](O)[C@@H]1O. The zero-order valence-electron chi connectivity index (χ0n) is 10.8. The Morgan fingerprint density at radius 2 is 2.00 bits per heavy atom. The number of ether oxygens (including phenoxy) is 2. The van der Waals surface area contributed by atoms with E-state index in [0.29, 0.717) is 6.54 Å². The normalized spacial score (nSPS) is 36.4. The molecule has 106 valence electrons. The Bertz CT molecular complexity index is 285. The summed E-state index contributed by atoms with van der Waals surface area (Å²) in [5.74, 6) is -0.248. The number of aliphatic hydroxyl groups is 3. The quantitative estimate of drug-likeness (QED) is 0.559. The number of amides is 1. The Morgan fingerprint density at radius 1 is 1.39 bits per heavy atom. The molecule has 1 amide bonds. The van der Waals surface area contributed by atoms with E-state index in [-0.39, 0.29) is 5.91 Å². The van der Waals surface area contributed by atoms with Gasteiger partial charge in [-0.15, -0.1) is 0 Å². The molecule has 0 bridgehead atoms. The average molecular weight is 263 g/mol. The van der Waals surface area contributed by atoms with Gasteiger partial charge in [0.25, 0.3) is 0 Å². The smallest absolute Gasteiger partial charge is 0.219 e. The predicted octanol–water partition coefficient (Wildman–Crippen LogP) is -1.69. The van der Waals surface area contributed by atoms with Crippen LogP contribution in [0.5, 0.6) is 0 Å². The van der Waals surface area contributed by atoms with Crippen LogP contribution in [-0.4, -0.2) is 77.0 Å². The van der Waals surface area contributed by atoms with Crippen LogP contribution in [0.2, 0.25) is 0 Å². The molecule has 0 aromatic rings. The number of nitrogens with zero attached hydrogens (tertiary/aromatic N) is 1. The van der Waals surface area contributed by atoms with E-state index in [1.54, 1.807) is 6.92 Å². The standard InChI is InChI=1S/C11H21NO6/c1-4-12(6(2)14)8-10(16)9(15)7(5-13)18-11(8)17-3/h7-11,13,15-16H,4-5H2,1-3H3/t7-,8-,9+,10-,11+/m1/s1. The maximum Gasteiger partial charge on any atom is 0.219 e. The summed E-state index contributed by atoms with van der Waals surface area (Å²) >= 11 is 0. The van der Waals surface area contributed by atoms with Crippen molar-refractivity contribution < 1.29 is 29.6 Å². The fraction of sp³-hybridized carbons (Fsp3) is 0.909. The molecule has 1 rings (SSSR count). The Labute approximate surface area is 106 Å². The van der Waals surface area contributed by atoms with Crippen molar-refractivity contribution in [2.24, 2.45) is 0 Å². The number of hydrogen-bond acceptors (Lipinski definition) is 6. The van der Waals surface area contributed by atoms with E-state index in [4.69, 9.17) is 14.6 Å². The summed E-state index contributed by atoms with van der Waals surface area (Å²) in [7, 11) is 1.38. The van der Waals surface area contributed by atoms with E-state index < -0.39 is 37.3 Å². The summed E-state index contributed by atoms with van der Waals surface area (Å²) in [6, 6.07) is -0.796. The topological polar surface area (TPSA) is 99.5 Å². The second-order valence-corrected chi connectivity index (χ2v) is 4.24. The molecule has 0 aromatic carbocycles. The fourth-order valence-corrected chi connectivity index (χ4v) is 2.24. The molecule has 1 aliphatic rings. The molecule has 3 N–H and O–H groups in total. The highest BCUT2D eigenvalue weighted by Gasteiger charge is 2.47. The number of methoxy groups -OCH3 is 1. The molecular weight excluding hydrogens is 242 g/mol. The lowest BCUT2D eigenvalue weighted by Gasteiger charge is -2.45. The Morgan fingerprint density at radius 3 is 2.39 bits per heavy atom. The highest BCUT2D eigenvalue weighted by Crippen LogP contribution is 2.25. The Hall–Kier alpha value is -0.730. The lowest BCUT2D eigenvalue weighted by Crippen LogP contribution is -2.65. The molecule has 1 heterocycles. The molecule has 1 aliphatic heterocycles. The fourth-order valence-electron chi connectivity index (χ4n) is 2.24. The van der Waals surface area contributed by atoms with Gasteiger partial charge < -0.3 is 29.7 Å². The molecular formula is C11H21NO6. The van der Waals surface area contributed by atoms with Crippen LogP contribution < -0.4 is 0 Å². The van der Waals surface area contributed by atoms with Crippen LogP contribution in [-0.2, 0) is 14.3 Å². The maximum atomic E-state index is 11.5. The number of likely N-dealkylation sites (N-methyl/N-ethyl adjacent to an activating group) is 1. The van der Waals surface area contributed by atoms with Crippen LogP contribution in [0.25, 0.3) is 0 Å². The molecule has 0 aliphatic carbocycles. The summed E-state index contributed by atoms with van der Waals surface area (Å²) in [4.78, 5) is 12.9. The molecule has 0 saturated carbocycles. The van der Waals surface area contributed by atoms with Crippen molar-refractivity contribution in [1.82, 2.24) is 4.90 Å². The van der Waals surface area contributed by atoms with Gasteiger partial charge >= 0.3 is 0 Å². The molecule has 0 radical (unpaired) electrons. The van der Waals surface area contributed by atoms with Crippen molar-refractivity contribution in [3.8, 4) is 0 Å². The average Bonchev–Trinajstić information content (AvgIpc) is 2.35. The molecule has 7 heteroatoms. The molecule has 0 unspecified atom stereocenters. The van der Waals surface area contributed by atoms with Gasteiger partial charge in [0.05, 0.1) is 6.61 Å². The maximum absolute atomic E-state index is 11.5. The predicted molar refractivity (Wildman–Crippen MR) is 61.6 cm³/mol. The van der Waals surface area contributed by atoms with Crippen molar-refractivity contribution in [1.29, 1.82) is 0 Å². The molecule has 7 nitrogen and oxygen atoms in total. The largest absolute Gasteiger partial charge is 0.394 e. The van der Waals surface area contributed by atoms with Gasteiger partial charge in [0.1, 0.15) is 24.4 Å². The summed E-state index contributed by atoms with van der Waals surface area (Å²) in [6.07, 6.45) is -4.30. The minimum Gasteiger partial charge on any atom is -0.394 e. The van der Waals surface area contributed by atoms with Crippen molar-refractivity contribution in [2.45, 2.75) is 44.5 Å². The van der Waals surface area contributed by atoms with E-state index >= 15 is 0 Å². The van der Waals surface area contributed by atoms with Crippen molar-refractivity contribution in [3.63, 3.8) is 0 Å². The lowest BCUT2D eigenvalue weighted by atomic mass is 9.95. The number of carbonyl (C=O) groups is 1. The minimum absolute atomic E-state index is 0.248. The van der Waals surface area contributed by atoms with Gasteiger partial charge in [-0.2, -0.15) is 0 Å². The van der Waals surface area contributed by atoms with Gasteiger partial charge in [-0.05, 0) is 6.92 Å². The molecule has 0 aromatic heterocycles. The summed E-state index contributed by atoms with van der Waals surface area (Å²) in [5.41, 5.74) is 0. The van der Waals surface area contributed by atoms with Crippen LogP contribution in [0.3, 0.4) is 0 Å². The molecule has 5 atom stereocenters. The van der Waals surface area contributed by atoms with E-state index in [1.807, 2.05) is 0 Å². The van der Waals surface area contributed by atoms with Crippen molar-refractivity contribution >= 4 is 5.91 Å². The van der Waals surface area contributed by atoms with Crippen molar-refractivity contribution in [2.75, 3.05) is 20.3 Å². The first-order valence-electron chi connectivity index (χ1n) is 5.90. The second kappa shape index (κ2) is 6.44. The third kappa shape index (κ3) is 2.81. The second-order valence-electron chi connectivity index (χ2n) is 4.24. The summed E-state index contributed by atoms with van der Waals surface area (Å²) < 4.78 is 10.4. The van der Waals surface area contributed by atoms with Crippen LogP contribution in [0.15, 0.2) is 0 Å². The van der Waals surface area contributed by atoms with E-state index in [1.165, 1.54) is 18.9 Å². The highest BCUT2D eigenvalue weighted by atomic mass is 16.7. The van der Waals surface area contributed by atoms with Crippen LogP contribution in [0, 0.1) is 0 Å². The Balaban J connectivity index is 2.96. The molecule has 18 heavy (non-hydrogen) atoms. The zero-order chi connectivity index (χ0) is 13.9. The van der Waals surface area contributed by atoms with Gasteiger partial charge in [-0.1, -0.05) is 0 Å². The van der Waals surface area contributed by atoms with Gasteiger partial charge in [-0.25, -0.2) is 0 Å². The minimum atomic E-state index is -1.26. The number of rotatable bonds is 4. The molecule has 1 fully saturated rings. The molecule has 0 spiro atoms. The van der Waals surface area contributed by atoms with E-state index in [2.05, 4.69) is 0 Å². The van der Waals surface area contributed by atoms with E-state index in [0.717, 1.165) is 0 Å². The number of hydrogen-bond donors (Lipinski definition) is 3. The van der Waals surface area contributed by atoms with Crippen LogP contribution in [0.4, 0.5) is 0 Å². The van der Waals surface area contributed by atoms with Gasteiger partial charge in [0.15, 0.2) is 6.29 Å². The summed E-state index contributed by atoms with van der Waals surface area (Å²) in [5, 5.41) is 28.9. The lowest BCUT2D eigenvalue weighted by molar-refractivity contribution is -0.278. The van der Waals surface area contributed by atoms with Crippen LogP contribution in [0.1, 0.15) is 13.8 Å². The first-order chi connectivity index (χ1) is 8.47. The first kappa shape index (κ1) is 15.3. The number of carbonyl (C=O) groups excluding carboxylic acids is 1. The van der Waals surface area contributed by atoms with E-state index in [9.17, 15) is 15.0 Å². The molecule has 1 saturated heterocycles. The zero-order valence-corrected chi connectivity index (χ0v) is 10.8. The monoisotopic (exact) mass is 263 g/mol. The third-order valence-corrected chi connectivity index (χ3v) is 3.19. The van der Waals surface area contributed by atoms with Gasteiger partial charge in [0, 0.05) is 20.6 Å². The van der Waals surface area contributed by atoms with Crippen LogP contribution >= 0.6 is 0 Å². The van der Waals surface area contributed by atoms with Gasteiger partial charge in [-0.3, -0.25) is 4.79 Å². The summed E-state index contributed by atoms with van der Waals surface area (Å²) in [6.45, 7) is 3.05. The number of aliphatic hydroxyl groups excluding tert-OH is 3. The van der Waals surface area contributed by atoms with Gasteiger partial charge in [0.2, 0.25) is 5.91 Å². The first-order valence-corrected chi connectivity index (χ1v) is 5.90. The third-order valence-electron chi connectivity index (χ3n) is 3.19.